The molecule has 0 saturated heterocycles. The quantitative estimate of drug-likeness (QED) is 0.158. The van der Waals surface area contributed by atoms with Gasteiger partial charge in [0.15, 0.2) is 0 Å². The van der Waals surface area contributed by atoms with Crippen molar-refractivity contribution < 1.29 is 27.8 Å². The second-order valence-electron chi connectivity index (χ2n) is 8.29. The molecule has 37 heavy (non-hydrogen) atoms. The summed E-state index contributed by atoms with van der Waals surface area (Å²) >= 11 is 0. The third kappa shape index (κ3) is 11.1. The van der Waals surface area contributed by atoms with Gasteiger partial charge in [-0.2, -0.15) is 0 Å². The fourth-order valence-electron chi connectivity index (χ4n) is 3.41. The van der Waals surface area contributed by atoms with Crippen LogP contribution in [-0.2, 0) is 16.1 Å². The molecule has 0 fully saturated rings. The Morgan fingerprint density at radius 1 is 0.865 bits per heavy atom. The Morgan fingerprint density at radius 2 is 1.54 bits per heavy atom. The zero-order valence-corrected chi connectivity index (χ0v) is 21.2. The molecular formula is C26H37F2N5O4. The van der Waals surface area contributed by atoms with Crippen LogP contribution in [0.3, 0.4) is 0 Å². The van der Waals surface area contributed by atoms with E-state index >= 15 is 0 Å². The Hall–Kier alpha value is -3.28. The molecule has 2 aromatic carbocycles. The molecule has 0 radical (unpaired) electrons. The maximum Gasteiger partial charge on any atom is 0.411 e. The summed E-state index contributed by atoms with van der Waals surface area (Å²) in [6.45, 7) is 4.42. The predicted molar refractivity (Wildman–Crippen MR) is 140 cm³/mol. The Balaban J connectivity index is 1.82. The smallest absolute Gasteiger partial charge is 0.411 e. The Kier molecular flexibility index (Phi) is 13.9. The molecule has 1 amide bonds. The highest BCUT2D eigenvalue weighted by Crippen LogP contribution is 2.26. The normalized spacial score (nSPS) is 10.7. The van der Waals surface area contributed by atoms with Gasteiger partial charge < -0.3 is 31.2 Å². The zero-order chi connectivity index (χ0) is 26.9. The van der Waals surface area contributed by atoms with Gasteiger partial charge in [0.1, 0.15) is 18.2 Å². The van der Waals surface area contributed by atoms with E-state index in [1.807, 2.05) is 0 Å². The molecule has 0 saturated carbocycles. The van der Waals surface area contributed by atoms with Gasteiger partial charge >= 0.3 is 12.1 Å². The summed E-state index contributed by atoms with van der Waals surface area (Å²) in [5.74, 6) is -2.00. The first kappa shape index (κ1) is 29.9. The van der Waals surface area contributed by atoms with E-state index < -0.39 is 23.7 Å². The number of rotatable bonds is 17. The molecule has 0 aromatic heterocycles. The number of carbonyl (C=O) groups is 2. The molecule has 0 aliphatic heterocycles. The summed E-state index contributed by atoms with van der Waals surface area (Å²) in [5, 5.41) is 12.1. The predicted octanol–water partition coefficient (Wildman–Crippen LogP) is 3.61. The van der Waals surface area contributed by atoms with Crippen LogP contribution in [0.25, 0.3) is 0 Å². The highest BCUT2D eigenvalue weighted by molar-refractivity contribution is 6.00. The first-order chi connectivity index (χ1) is 18.0. The van der Waals surface area contributed by atoms with Crippen molar-refractivity contribution in [2.45, 2.75) is 32.3 Å². The molecule has 2 aromatic rings. The zero-order valence-electron chi connectivity index (χ0n) is 21.2. The highest BCUT2D eigenvalue weighted by Gasteiger charge is 2.19. The Bertz CT molecular complexity index is 993. The first-order valence-corrected chi connectivity index (χ1v) is 12.4. The minimum absolute atomic E-state index is 0.00693. The monoisotopic (exact) mass is 521 g/mol. The molecule has 0 atom stereocenters. The van der Waals surface area contributed by atoms with Crippen LogP contribution in [0.1, 0.15) is 41.6 Å². The summed E-state index contributed by atoms with van der Waals surface area (Å²) in [7, 11) is 1.15. The molecule has 11 heteroatoms. The molecule has 2 rings (SSSR count). The van der Waals surface area contributed by atoms with E-state index in [2.05, 4.69) is 21.3 Å². The topological polar surface area (TPSA) is 127 Å². The number of hydrogen-bond acceptors (Lipinski definition) is 8. The number of anilines is 2. The number of carbonyl (C=O) groups excluding carboxylic acids is 2. The van der Waals surface area contributed by atoms with Gasteiger partial charge in [-0.25, -0.2) is 18.4 Å². The van der Waals surface area contributed by atoms with Crippen LogP contribution in [0.15, 0.2) is 36.4 Å². The van der Waals surface area contributed by atoms with Gasteiger partial charge in [-0.05, 0) is 76.6 Å². The van der Waals surface area contributed by atoms with Crippen molar-refractivity contribution in [2.75, 3.05) is 57.0 Å². The van der Waals surface area contributed by atoms with E-state index in [0.29, 0.717) is 13.1 Å². The number of unbranched alkanes of at least 4 members (excludes halogenated alkanes) is 1. The van der Waals surface area contributed by atoms with Gasteiger partial charge in [-0.1, -0.05) is 18.2 Å². The Morgan fingerprint density at radius 3 is 2.22 bits per heavy atom. The number of benzene rings is 2. The summed E-state index contributed by atoms with van der Waals surface area (Å²) in [5.41, 5.74) is 5.59. The van der Waals surface area contributed by atoms with E-state index in [1.165, 1.54) is 24.3 Å². The Labute approximate surface area is 216 Å². The van der Waals surface area contributed by atoms with Crippen LogP contribution in [0.4, 0.5) is 25.0 Å². The SMILES string of the molecule is COC(=O)c1cc(F)c(NCCCNCCCCNCCCN)cc1NC(=O)OCc1ccccc1F. The molecule has 0 aliphatic carbocycles. The van der Waals surface area contributed by atoms with Crippen molar-refractivity contribution in [1.82, 2.24) is 10.6 Å². The van der Waals surface area contributed by atoms with E-state index in [9.17, 15) is 18.4 Å². The van der Waals surface area contributed by atoms with Crippen molar-refractivity contribution in [3.05, 3.63) is 59.2 Å². The molecule has 0 aliphatic rings. The van der Waals surface area contributed by atoms with Crippen LogP contribution >= 0.6 is 0 Å². The lowest BCUT2D eigenvalue weighted by atomic mass is 10.1. The average Bonchev–Trinajstić information content (AvgIpc) is 2.89. The molecule has 9 nitrogen and oxygen atoms in total. The number of nitrogens with one attached hydrogen (secondary N) is 4. The van der Waals surface area contributed by atoms with E-state index in [0.717, 1.165) is 65.0 Å². The molecule has 6 N–H and O–H groups in total. The molecule has 0 unspecified atom stereocenters. The third-order valence-electron chi connectivity index (χ3n) is 5.43. The van der Waals surface area contributed by atoms with Crippen LogP contribution in [0.2, 0.25) is 0 Å². The van der Waals surface area contributed by atoms with Gasteiger partial charge in [-0.3, -0.25) is 5.32 Å². The van der Waals surface area contributed by atoms with E-state index in [1.54, 1.807) is 6.07 Å². The van der Waals surface area contributed by atoms with Gasteiger partial charge in [0.2, 0.25) is 0 Å². The fourth-order valence-corrected chi connectivity index (χ4v) is 3.41. The van der Waals surface area contributed by atoms with E-state index in [4.69, 9.17) is 15.2 Å². The molecular weight excluding hydrogens is 484 g/mol. The first-order valence-electron chi connectivity index (χ1n) is 12.4. The van der Waals surface area contributed by atoms with Gasteiger partial charge in [0, 0.05) is 12.1 Å². The minimum atomic E-state index is -0.926. The van der Waals surface area contributed by atoms with Gasteiger partial charge in [0.25, 0.3) is 0 Å². The second kappa shape index (κ2) is 17.2. The number of nitrogens with two attached hydrogens (primary N) is 1. The average molecular weight is 522 g/mol. The lowest BCUT2D eigenvalue weighted by Gasteiger charge is -2.14. The third-order valence-corrected chi connectivity index (χ3v) is 5.43. The van der Waals surface area contributed by atoms with Crippen molar-refractivity contribution >= 4 is 23.4 Å². The lowest BCUT2D eigenvalue weighted by molar-refractivity contribution is 0.0601. The number of ether oxygens (including phenoxy) is 2. The highest BCUT2D eigenvalue weighted by atomic mass is 19.1. The largest absolute Gasteiger partial charge is 0.465 e. The summed E-state index contributed by atoms with van der Waals surface area (Å²) in [6, 6.07) is 8.17. The van der Waals surface area contributed by atoms with Crippen molar-refractivity contribution in [2.24, 2.45) is 5.73 Å². The van der Waals surface area contributed by atoms with E-state index in [-0.39, 0.29) is 29.1 Å². The fraction of sp³-hybridized carbons (Fsp3) is 0.462. The molecule has 204 valence electrons. The van der Waals surface area contributed by atoms with Gasteiger partial charge in [-0.15, -0.1) is 0 Å². The van der Waals surface area contributed by atoms with Crippen molar-refractivity contribution in [1.29, 1.82) is 0 Å². The number of esters is 1. The standard InChI is InChI=1S/C26H37F2N5O4/c1-36-25(34)20-16-22(28)24(32-15-7-14-31-12-5-4-11-30-13-6-10-29)17-23(20)33-26(35)37-18-19-8-2-3-9-21(19)27/h2-3,8-9,16-17,30-32H,4-7,10-15,18,29H2,1H3,(H,33,35). The minimum Gasteiger partial charge on any atom is -0.465 e. The van der Waals surface area contributed by atoms with Crippen LogP contribution < -0.4 is 27.0 Å². The van der Waals surface area contributed by atoms with Gasteiger partial charge in [0.05, 0.1) is 24.0 Å². The summed E-state index contributed by atoms with van der Waals surface area (Å²) < 4.78 is 38.1. The second-order valence-corrected chi connectivity index (χ2v) is 8.29. The summed E-state index contributed by atoms with van der Waals surface area (Å²) in [4.78, 5) is 24.4. The maximum absolute atomic E-state index is 14.6. The summed E-state index contributed by atoms with van der Waals surface area (Å²) in [6.07, 6.45) is 2.92. The number of methoxy groups -OCH3 is 1. The molecule has 0 heterocycles. The number of amides is 1. The number of halogens is 2. The van der Waals surface area contributed by atoms with Crippen molar-refractivity contribution in [3.8, 4) is 0 Å². The van der Waals surface area contributed by atoms with Crippen LogP contribution in [-0.4, -0.2) is 58.4 Å². The van der Waals surface area contributed by atoms with Crippen LogP contribution in [0.5, 0.6) is 0 Å². The van der Waals surface area contributed by atoms with Crippen LogP contribution in [0, 0.1) is 11.6 Å². The lowest BCUT2D eigenvalue weighted by Crippen LogP contribution is -2.22. The molecule has 0 bridgehead atoms. The maximum atomic E-state index is 14.6. The van der Waals surface area contributed by atoms with Crippen molar-refractivity contribution in [3.63, 3.8) is 0 Å². The number of hydrogen-bond donors (Lipinski definition) is 5. The molecule has 0 spiro atoms.